The van der Waals surface area contributed by atoms with E-state index in [1.54, 1.807) is 12.0 Å². The van der Waals surface area contributed by atoms with Crippen molar-refractivity contribution in [2.24, 2.45) is 5.73 Å². The molecule has 1 atom stereocenters. The number of methoxy groups -OCH3 is 1. The van der Waals surface area contributed by atoms with E-state index in [1.807, 2.05) is 35.2 Å². The maximum absolute atomic E-state index is 6.39. The summed E-state index contributed by atoms with van der Waals surface area (Å²) in [6.45, 7) is 0. The van der Waals surface area contributed by atoms with Crippen LogP contribution in [0.1, 0.15) is 26.9 Å². The minimum Gasteiger partial charge on any atom is -0.497 e. The fraction of sp³-hybridized carbons (Fsp3) is 0.375. The molecule has 0 saturated carbocycles. The van der Waals surface area contributed by atoms with Crippen LogP contribution in [0.15, 0.2) is 30.3 Å². The lowest BCUT2D eigenvalue weighted by atomic mass is 10.0. The number of benzene rings is 1. The van der Waals surface area contributed by atoms with Gasteiger partial charge in [0.2, 0.25) is 0 Å². The molecule has 2 nitrogen and oxygen atoms in total. The third kappa shape index (κ3) is 3.03. The third-order valence-electron chi connectivity index (χ3n) is 3.60. The number of hydrogen-bond acceptors (Lipinski definition) is 4. The standard InChI is InChI=1S/C16H19NOS2/c1-18-13-4-2-3-11(7-13)8-14(17)16-9-12-10-19-6-5-15(12)20-16/h2-4,7,9,14H,5-6,8,10,17H2,1H3. The second-order valence-electron chi connectivity index (χ2n) is 5.06. The highest BCUT2D eigenvalue weighted by Crippen LogP contribution is 2.34. The summed E-state index contributed by atoms with van der Waals surface area (Å²) in [4.78, 5) is 2.86. The van der Waals surface area contributed by atoms with Crippen LogP contribution >= 0.6 is 23.1 Å². The number of nitrogens with two attached hydrogens (primary N) is 1. The fourth-order valence-electron chi connectivity index (χ4n) is 2.51. The van der Waals surface area contributed by atoms with Crippen molar-refractivity contribution in [2.45, 2.75) is 24.6 Å². The third-order valence-corrected chi connectivity index (χ3v) is 5.98. The van der Waals surface area contributed by atoms with E-state index in [4.69, 9.17) is 10.5 Å². The maximum Gasteiger partial charge on any atom is 0.119 e. The summed E-state index contributed by atoms with van der Waals surface area (Å²) in [6.07, 6.45) is 2.07. The first kappa shape index (κ1) is 14.0. The van der Waals surface area contributed by atoms with E-state index in [1.165, 1.54) is 28.2 Å². The average molecular weight is 305 g/mol. The van der Waals surface area contributed by atoms with Gasteiger partial charge in [-0.1, -0.05) is 12.1 Å². The SMILES string of the molecule is COc1cccc(CC(N)c2cc3c(s2)CCSC3)c1. The highest BCUT2D eigenvalue weighted by Gasteiger charge is 2.17. The first-order valence-electron chi connectivity index (χ1n) is 6.84. The zero-order valence-electron chi connectivity index (χ0n) is 11.6. The molecule has 2 heterocycles. The zero-order chi connectivity index (χ0) is 13.9. The number of fused-ring (bicyclic) bond motifs is 1. The Morgan fingerprint density at radius 1 is 1.35 bits per heavy atom. The van der Waals surface area contributed by atoms with E-state index < -0.39 is 0 Å². The van der Waals surface area contributed by atoms with Gasteiger partial charge in [-0.2, -0.15) is 11.8 Å². The largest absolute Gasteiger partial charge is 0.497 e. The number of ether oxygens (including phenoxy) is 1. The van der Waals surface area contributed by atoms with Crippen LogP contribution in [0.4, 0.5) is 0 Å². The topological polar surface area (TPSA) is 35.2 Å². The molecule has 1 aliphatic rings. The Balaban J connectivity index is 1.75. The summed E-state index contributed by atoms with van der Waals surface area (Å²) < 4.78 is 5.27. The quantitative estimate of drug-likeness (QED) is 0.933. The summed E-state index contributed by atoms with van der Waals surface area (Å²) >= 11 is 3.92. The van der Waals surface area contributed by atoms with Gasteiger partial charge in [0.15, 0.2) is 0 Å². The Morgan fingerprint density at radius 2 is 2.25 bits per heavy atom. The lowest BCUT2D eigenvalue weighted by Crippen LogP contribution is -2.11. The Kier molecular flexibility index (Phi) is 4.34. The molecule has 3 rings (SSSR count). The molecule has 0 bridgehead atoms. The van der Waals surface area contributed by atoms with Gasteiger partial charge in [-0.15, -0.1) is 11.3 Å². The lowest BCUT2D eigenvalue weighted by Gasteiger charge is -2.10. The average Bonchev–Trinajstić information content (AvgIpc) is 2.91. The number of rotatable bonds is 4. The van der Waals surface area contributed by atoms with Crippen molar-refractivity contribution < 1.29 is 4.74 Å². The van der Waals surface area contributed by atoms with Crippen LogP contribution in [0, 0.1) is 0 Å². The first-order valence-corrected chi connectivity index (χ1v) is 8.81. The Hall–Kier alpha value is -0.970. The molecule has 4 heteroatoms. The second kappa shape index (κ2) is 6.20. The normalized spacial score (nSPS) is 15.7. The zero-order valence-corrected chi connectivity index (χ0v) is 13.2. The number of hydrogen-bond donors (Lipinski definition) is 1. The van der Waals surface area contributed by atoms with Gasteiger partial charge in [-0.25, -0.2) is 0 Å². The van der Waals surface area contributed by atoms with E-state index in [0.717, 1.165) is 17.9 Å². The summed E-state index contributed by atoms with van der Waals surface area (Å²) in [6, 6.07) is 10.6. The van der Waals surface area contributed by atoms with Crippen molar-refractivity contribution >= 4 is 23.1 Å². The van der Waals surface area contributed by atoms with E-state index in [9.17, 15) is 0 Å². The Bertz CT molecular complexity index is 570. The molecule has 0 amide bonds. The van der Waals surface area contributed by atoms with Crippen molar-refractivity contribution in [3.8, 4) is 5.75 Å². The molecule has 0 fully saturated rings. The van der Waals surface area contributed by atoms with Crippen LogP contribution in [-0.2, 0) is 18.6 Å². The maximum atomic E-state index is 6.39. The van der Waals surface area contributed by atoms with Crippen molar-refractivity contribution in [1.82, 2.24) is 0 Å². The van der Waals surface area contributed by atoms with Gasteiger partial charge in [-0.3, -0.25) is 0 Å². The predicted molar refractivity (Wildman–Crippen MR) is 87.8 cm³/mol. The minimum absolute atomic E-state index is 0.0858. The van der Waals surface area contributed by atoms with Gasteiger partial charge in [0, 0.05) is 21.5 Å². The van der Waals surface area contributed by atoms with E-state index in [-0.39, 0.29) is 6.04 Å². The smallest absolute Gasteiger partial charge is 0.119 e. The predicted octanol–water partition coefficient (Wildman–Crippen LogP) is 3.79. The molecular weight excluding hydrogens is 286 g/mol. The molecule has 1 aromatic carbocycles. The Morgan fingerprint density at radius 3 is 3.05 bits per heavy atom. The van der Waals surface area contributed by atoms with Gasteiger partial charge in [0.1, 0.15) is 5.75 Å². The molecule has 2 aromatic rings. The van der Waals surface area contributed by atoms with Gasteiger partial charge < -0.3 is 10.5 Å². The highest BCUT2D eigenvalue weighted by molar-refractivity contribution is 7.98. The monoisotopic (exact) mass is 305 g/mol. The molecule has 1 unspecified atom stereocenters. The van der Waals surface area contributed by atoms with Gasteiger partial charge in [-0.05, 0) is 47.9 Å². The minimum atomic E-state index is 0.0858. The second-order valence-corrected chi connectivity index (χ2v) is 7.34. The number of aryl methyl sites for hydroxylation is 1. The van der Waals surface area contributed by atoms with Crippen LogP contribution in [0.5, 0.6) is 5.75 Å². The first-order chi connectivity index (χ1) is 9.76. The fourth-order valence-corrected chi connectivity index (χ4v) is 4.88. The van der Waals surface area contributed by atoms with Crippen molar-refractivity contribution in [1.29, 1.82) is 0 Å². The van der Waals surface area contributed by atoms with E-state index in [0.29, 0.717) is 0 Å². The molecular formula is C16H19NOS2. The summed E-state index contributed by atoms with van der Waals surface area (Å²) in [5.74, 6) is 3.30. The molecule has 2 N–H and O–H groups in total. The number of thioether (sulfide) groups is 1. The van der Waals surface area contributed by atoms with Crippen molar-refractivity contribution in [2.75, 3.05) is 12.9 Å². The molecule has 1 aromatic heterocycles. The molecule has 0 saturated heterocycles. The summed E-state index contributed by atoms with van der Waals surface area (Å²) in [5.41, 5.74) is 9.13. The molecule has 106 valence electrons. The molecule has 0 radical (unpaired) electrons. The van der Waals surface area contributed by atoms with Crippen LogP contribution < -0.4 is 10.5 Å². The molecule has 0 spiro atoms. The van der Waals surface area contributed by atoms with Crippen LogP contribution in [0.2, 0.25) is 0 Å². The van der Waals surface area contributed by atoms with E-state index >= 15 is 0 Å². The van der Waals surface area contributed by atoms with Gasteiger partial charge in [0.25, 0.3) is 0 Å². The van der Waals surface area contributed by atoms with E-state index in [2.05, 4.69) is 18.2 Å². The van der Waals surface area contributed by atoms with Crippen molar-refractivity contribution in [3.63, 3.8) is 0 Å². The molecule has 1 aliphatic heterocycles. The Labute approximate surface area is 128 Å². The van der Waals surface area contributed by atoms with Crippen LogP contribution in [0.3, 0.4) is 0 Å². The molecule has 0 aliphatic carbocycles. The lowest BCUT2D eigenvalue weighted by molar-refractivity contribution is 0.414. The summed E-state index contributed by atoms with van der Waals surface area (Å²) in [5, 5.41) is 0. The van der Waals surface area contributed by atoms with Crippen molar-refractivity contribution in [3.05, 3.63) is 51.2 Å². The highest BCUT2D eigenvalue weighted by atomic mass is 32.2. The van der Waals surface area contributed by atoms with Gasteiger partial charge in [0.05, 0.1) is 7.11 Å². The summed E-state index contributed by atoms with van der Waals surface area (Å²) in [7, 11) is 1.70. The molecule has 20 heavy (non-hydrogen) atoms. The number of thiophene rings is 1. The van der Waals surface area contributed by atoms with Crippen LogP contribution in [-0.4, -0.2) is 12.9 Å². The van der Waals surface area contributed by atoms with Gasteiger partial charge >= 0.3 is 0 Å². The van der Waals surface area contributed by atoms with Crippen LogP contribution in [0.25, 0.3) is 0 Å².